The van der Waals surface area contributed by atoms with E-state index in [-0.39, 0.29) is 36.3 Å². The molecule has 5 amide bonds. The normalized spacial score (nSPS) is 39.0. The Kier molecular flexibility index (Phi) is 13.9. The molecule has 13 nitrogen and oxygen atoms in total. The third-order valence-corrected chi connectivity index (χ3v) is 13.1. The second kappa shape index (κ2) is 17.8. The van der Waals surface area contributed by atoms with Gasteiger partial charge in [0.2, 0.25) is 29.5 Å². The van der Waals surface area contributed by atoms with Crippen molar-refractivity contribution >= 4 is 29.5 Å². The van der Waals surface area contributed by atoms with Crippen LogP contribution in [-0.4, -0.2) is 102 Å². The molecule has 4 bridgehead atoms. The van der Waals surface area contributed by atoms with Crippen LogP contribution in [0.1, 0.15) is 118 Å². The summed E-state index contributed by atoms with van der Waals surface area (Å²) in [6, 6.07) is -4.83. The van der Waals surface area contributed by atoms with Gasteiger partial charge >= 0.3 is 0 Å². The highest BCUT2D eigenvalue weighted by Gasteiger charge is 2.52. The average Bonchev–Trinajstić information content (AvgIpc) is 3.10. The number of likely N-dealkylation sites (N-methyl/N-ethyl adjacent to an activating group) is 1. The molecule has 7 N–H and O–H groups in total. The number of nitrogens with two attached hydrogens (primary N) is 1. The summed E-state index contributed by atoms with van der Waals surface area (Å²) in [5.41, 5.74) is 6.08. The summed E-state index contributed by atoms with van der Waals surface area (Å²) in [7, 11) is 1.68. The highest BCUT2D eigenvalue weighted by Crippen LogP contribution is 2.62. The smallest absolute Gasteiger partial charge is 0.245 e. The topological polar surface area (TPSA) is 192 Å². The second-order valence-corrected chi connectivity index (χ2v) is 18.2. The molecule has 6 rings (SSSR count). The lowest BCUT2D eigenvalue weighted by Crippen LogP contribution is -2.62. The van der Waals surface area contributed by atoms with Crippen LogP contribution in [0.3, 0.4) is 0 Å². The molecule has 0 aromatic carbocycles. The van der Waals surface area contributed by atoms with Crippen molar-refractivity contribution in [3.05, 3.63) is 0 Å². The number of ether oxygens (including phenoxy) is 1. The molecule has 6 fully saturated rings. The number of aliphatic hydroxyl groups is 1. The van der Waals surface area contributed by atoms with Crippen molar-refractivity contribution < 1.29 is 33.8 Å². The van der Waals surface area contributed by atoms with Crippen LogP contribution in [-0.2, 0) is 28.7 Å². The predicted octanol–water partition coefficient (Wildman–Crippen LogP) is 2.38. The van der Waals surface area contributed by atoms with Crippen LogP contribution >= 0.6 is 0 Å². The van der Waals surface area contributed by atoms with Crippen molar-refractivity contribution in [2.75, 3.05) is 20.2 Å². The van der Waals surface area contributed by atoms with Crippen LogP contribution in [0.5, 0.6) is 0 Å². The summed E-state index contributed by atoms with van der Waals surface area (Å²) in [4.78, 5) is 71.5. The van der Waals surface area contributed by atoms with Gasteiger partial charge in [-0.05, 0) is 113 Å². The van der Waals surface area contributed by atoms with Crippen molar-refractivity contribution in [1.29, 1.82) is 0 Å². The van der Waals surface area contributed by atoms with E-state index in [1.807, 2.05) is 20.8 Å². The molecule has 0 unspecified atom stereocenters. The van der Waals surface area contributed by atoms with Gasteiger partial charge in [-0.15, -0.1) is 0 Å². The standard InChI is InChI=1S/C40H68N6O7/c1-22(2)12-31-36(49)45-34(29-10-8-7-9-11-29)38(51)43-30(20-41)35(48)44-33(25(5)47)37(50)42-23(3)21-53-32(24(4)39(52)46(31)6)19-40-16-26-13-27(17-40)15-28(14-26)18-40/h22-34,47H,7-21,41H2,1-6H3,(H,42,50)(H,43,51)(H,44,48)(H,45,49)/t23-,24-,25+,26?,27?,28?,30+,31+,32-,33+,34+,40?/m1/s1. The Morgan fingerprint density at radius 1 is 0.830 bits per heavy atom. The summed E-state index contributed by atoms with van der Waals surface area (Å²) in [5, 5.41) is 21.8. The Hall–Kier alpha value is -2.77. The minimum absolute atomic E-state index is 0.0792. The first kappa shape index (κ1) is 41.4. The monoisotopic (exact) mass is 745 g/mol. The number of carbonyl (C=O) groups excluding carboxylic acids is 5. The Morgan fingerprint density at radius 2 is 1.43 bits per heavy atom. The van der Waals surface area contributed by atoms with E-state index < -0.39 is 72.0 Å². The summed E-state index contributed by atoms with van der Waals surface area (Å²) in [6.45, 7) is 8.96. The fraction of sp³-hybridized carbons (Fsp3) is 0.875. The van der Waals surface area contributed by atoms with Gasteiger partial charge in [-0.3, -0.25) is 24.0 Å². The molecule has 6 aliphatic rings. The first-order valence-electron chi connectivity index (χ1n) is 20.6. The molecule has 0 aromatic heterocycles. The van der Waals surface area contributed by atoms with Gasteiger partial charge in [-0.2, -0.15) is 0 Å². The zero-order valence-electron chi connectivity index (χ0n) is 33.0. The molecule has 0 aromatic rings. The number of nitrogens with one attached hydrogen (secondary N) is 4. The van der Waals surface area contributed by atoms with Crippen molar-refractivity contribution in [1.82, 2.24) is 26.2 Å². The van der Waals surface area contributed by atoms with Crippen LogP contribution in [0.4, 0.5) is 0 Å². The van der Waals surface area contributed by atoms with E-state index in [1.54, 1.807) is 18.9 Å². The third-order valence-electron chi connectivity index (χ3n) is 13.1. The molecule has 5 saturated carbocycles. The molecule has 1 aliphatic heterocycles. The lowest BCUT2D eigenvalue weighted by Gasteiger charge is -2.58. The number of nitrogens with zero attached hydrogens (tertiary/aromatic N) is 1. The number of hydrogen-bond acceptors (Lipinski definition) is 8. The molecule has 13 heteroatoms. The van der Waals surface area contributed by atoms with Crippen molar-refractivity contribution in [2.45, 2.75) is 161 Å². The van der Waals surface area contributed by atoms with Crippen molar-refractivity contribution in [3.63, 3.8) is 0 Å². The summed E-state index contributed by atoms with van der Waals surface area (Å²) < 4.78 is 6.66. The summed E-state index contributed by atoms with van der Waals surface area (Å²) >= 11 is 0. The van der Waals surface area contributed by atoms with Crippen LogP contribution in [0, 0.1) is 40.9 Å². The SMILES string of the molecule is CC(C)C[C@H]1C(=O)N[C@@H](C2CCCCC2)C(=O)N[C@@H](CN)C(=O)N[C@@H]([C@H](C)O)C(=O)N[C@H](C)CO[C@H](CC23CC4CC(CC(C4)C2)C3)[C@@H](C)C(=O)N1C. The first-order valence-corrected chi connectivity index (χ1v) is 20.6. The lowest BCUT2D eigenvalue weighted by molar-refractivity contribution is -0.150. The number of hydrogen-bond donors (Lipinski definition) is 6. The van der Waals surface area contributed by atoms with Gasteiger partial charge in [0.25, 0.3) is 0 Å². The van der Waals surface area contributed by atoms with Gasteiger partial charge in [0.05, 0.1) is 24.7 Å². The Bertz CT molecular complexity index is 1280. The Balaban J connectivity index is 1.48. The van der Waals surface area contributed by atoms with Crippen LogP contribution in [0.15, 0.2) is 0 Å². The van der Waals surface area contributed by atoms with E-state index in [2.05, 4.69) is 21.3 Å². The van der Waals surface area contributed by atoms with E-state index in [9.17, 15) is 29.1 Å². The fourth-order valence-corrected chi connectivity index (χ4v) is 10.8. The zero-order valence-corrected chi connectivity index (χ0v) is 33.0. The van der Waals surface area contributed by atoms with Gasteiger partial charge in [-0.1, -0.05) is 40.0 Å². The van der Waals surface area contributed by atoms with Crippen LogP contribution < -0.4 is 27.0 Å². The molecule has 0 spiro atoms. The summed E-state index contributed by atoms with van der Waals surface area (Å²) in [6.07, 6.45) is 11.0. The number of rotatable bonds is 7. The van der Waals surface area contributed by atoms with Crippen molar-refractivity contribution in [2.24, 2.45) is 46.7 Å². The zero-order chi connectivity index (χ0) is 38.6. The molecule has 1 heterocycles. The fourth-order valence-electron chi connectivity index (χ4n) is 10.8. The Morgan fingerprint density at radius 3 is 1.98 bits per heavy atom. The highest BCUT2D eigenvalue weighted by molar-refractivity contribution is 5.96. The Labute approximate surface area is 316 Å². The van der Waals surface area contributed by atoms with E-state index in [0.29, 0.717) is 6.42 Å². The van der Waals surface area contributed by atoms with Gasteiger partial charge < -0.3 is 41.7 Å². The average molecular weight is 745 g/mol. The lowest BCUT2D eigenvalue weighted by atomic mass is 9.48. The molecule has 8 atom stereocenters. The molecular weight excluding hydrogens is 676 g/mol. The molecule has 5 aliphatic carbocycles. The number of aliphatic hydroxyl groups excluding tert-OH is 1. The van der Waals surface area contributed by atoms with Crippen LogP contribution in [0.25, 0.3) is 0 Å². The molecule has 300 valence electrons. The van der Waals surface area contributed by atoms with Gasteiger partial charge in [0, 0.05) is 19.6 Å². The van der Waals surface area contributed by atoms with Crippen LogP contribution in [0.2, 0.25) is 0 Å². The maximum absolute atomic E-state index is 14.6. The highest BCUT2D eigenvalue weighted by atomic mass is 16.5. The van der Waals surface area contributed by atoms with E-state index in [1.165, 1.54) is 26.2 Å². The van der Waals surface area contributed by atoms with Gasteiger partial charge in [0.1, 0.15) is 24.2 Å². The quantitative estimate of drug-likeness (QED) is 0.229. The molecular formula is C40H68N6O7. The van der Waals surface area contributed by atoms with Gasteiger partial charge in [0.15, 0.2) is 0 Å². The maximum atomic E-state index is 14.6. The van der Waals surface area contributed by atoms with E-state index in [4.69, 9.17) is 10.5 Å². The maximum Gasteiger partial charge on any atom is 0.245 e. The molecule has 0 radical (unpaired) electrons. The van der Waals surface area contributed by atoms with E-state index in [0.717, 1.165) is 75.5 Å². The second-order valence-electron chi connectivity index (χ2n) is 18.2. The van der Waals surface area contributed by atoms with Gasteiger partial charge in [-0.25, -0.2) is 0 Å². The minimum atomic E-state index is -1.32. The number of carbonyl (C=O) groups is 5. The number of amides is 5. The molecule has 53 heavy (non-hydrogen) atoms. The van der Waals surface area contributed by atoms with Crippen molar-refractivity contribution in [3.8, 4) is 0 Å². The predicted molar refractivity (Wildman–Crippen MR) is 201 cm³/mol. The largest absolute Gasteiger partial charge is 0.391 e. The summed E-state index contributed by atoms with van der Waals surface area (Å²) in [5.74, 6) is -0.975. The van der Waals surface area contributed by atoms with E-state index >= 15 is 0 Å². The minimum Gasteiger partial charge on any atom is -0.391 e. The molecule has 1 saturated heterocycles. The third kappa shape index (κ3) is 10.1. The first-order chi connectivity index (χ1) is 25.1.